The van der Waals surface area contributed by atoms with E-state index in [0.29, 0.717) is 0 Å². The highest BCUT2D eigenvalue weighted by Gasteiger charge is 2.19. The van der Waals surface area contributed by atoms with Crippen molar-refractivity contribution in [2.75, 3.05) is 17.2 Å². The molecule has 0 unspecified atom stereocenters. The van der Waals surface area contributed by atoms with Crippen LogP contribution in [0.3, 0.4) is 0 Å². The van der Waals surface area contributed by atoms with E-state index in [1.807, 2.05) is 18.2 Å². The molecule has 1 aromatic carbocycles. The summed E-state index contributed by atoms with van der Waals surface area (Å²) < 4.78 is 0. The van der Waals surface area contributed by atoms with Crippen molar-refractivity contribution in [1.29, 1.82) is 0 Å². The summed E-state index contributed by atoms with van der Waals surface area (Å²) in [4.78, 5) is 6.37. The Hall–Kier alpha value is -1.74. The fourth-order valence-electron chi connectivity index (χ4n) is 2.63. The number of nitrogen functional groups attached to an aromatic ring is 1. The number of halogens is 1. The van der Waals surface area contributed by atoms with Gasteiger partial charge in [-0.25, -0.2) is 0 Å². The second-order valence-electron chi connectivity index (χ2n) is 4.84. The Kier molecular flexibility index (Phi) is 3.30. The molecule has 4 heteroatoms. The summed E-state index contributed by atoms with van der Waals surface area (Å²) in [6.45, 7) is 1.84. The molecule has 0 aliphatic carbocycles. The summed E-state index contributed by atoms with van der Waals surface area (Å²) in [6.07, 6.45) is 5.67. The Morgan fingerprint density at radius 2 is 2.21 bits per heavy atom. The zero-order valence-electron chi connectivity index (χ0n) is 10.6. The van der Waals surface area contributed by atoms with Crippen LogP contribution in [0.4, 0.5) is 11.4 Å². The fourth-order valence-corrected chi connectivity index (χ4v) is 2.81. The first-order valence-electron chi connectivity index (χ1n) is 6.46. The molecule has 0 amide bonds. The van der Waals surface area contributed by atoms with Gasteiger partial charge in [-0.3, -0.25) is 4.98 Å². The predicted molar refractivity (Wildman–Crippen MR) is 79.5 cm³/mol. The van der Waals surface area contributed by atoms with Gasteiger partial charge in [-0.2, -0.15) is 0 Å². The molecule has 2 N–H and O–H groups in total. The number of benzene rings is 1. The maximum atomic E-state index is 6.19. The van der Waals surface area contributed by atoms with E-state index in [0.717, 1.165) is 42.2 Å². The minimum atomic E-state index is 0.721. The van der Waals surface area contributed by atoms with Gasteiger partial charge in [0.05, 0.1) is 5.02 Å². The van der Waals surface area contributed by atoms with Gasteiger partial charge in [0, 0.05) is 36.9 Å². The molecular weight excluding hydrogens is 258 g/mol. The van der Waals surface area contributed by atoms with Gasteiger partial charge in [0.2, 0.25) is 0 Å². The van der Waals surface area contributed by atoms with Crippen LogP contribution in [0.1, 0.15) is 17.5 Å². The molecule has 3 nitrogen and oxygen atoms in total. The van der Waals surface area contributed by atoms with E-state index in [1.165, 1.54) is 11.3 Å². The molecule has 3 rings (SSSR count). The fraction of sp³-hybridized carbons (Fsp3) is 0.267. The molecule has 0 spiro atoms. The van der Waals surface area contributed by atoms with E-state index >= 15 is 0 Å². The first kappa shape index (κ1) is 12.3. The number of rotatable bonds is 2. The Morgan fingerprint density at radius 1 is 1.32 bits per heavy atom. The van der Waals surface area contributed by atoms with Crippen LogP contribution in [0, 0.1) is 0 Å². The molecule has 2 aromatic rings. The summed E-state index contributed by atoms with van der Waals surface area (Å²) in [7, 11) is 0. The summed E-state index contributed by atoms with van der Waals surface area (Å²) >= 11 is 6.19. The van der Waals surface area contributed by atoms with Crippen molar-refractivity contribution < 1.29 is 0 Å². The largest absolute Gasteiger partial charge is 0.398 e. The van der Waals surface area contributed by atoms with Crippen molar-refractivity contribution >= 4 is 23.0 Å². The van der Waals surface area contributed by atoms with Crippen LogP contribution in [-0.2, 0) is 13.0 Å². The van der Waals surface area contributed by atoms with Crippen LogP contribution >= 0.6 is 11.6 Å². The molecule has 0 atom stereocenters. The maximum Gasteiger partial charge on any atom is 0.0639 e. The van der Waals surface area contributed by atoms with Crippen LogP contribution in [0.15, 0.2) is 36.7 Å². The van der Waals surface area contributed by atoms with Gasteiger partial charge in [0.25, 0.3) is 0 Å². The quantitative estimate of drug-likeness (QED) is 0.854. The lowest BCUT2D eigenvalue weighted by atomic mass is 9.99. The van der Waals surface area contributed by atoms with Crippen LogP contribution in [-0.4, -0.2) is 11.5 Å². The molecule has 1 aromatic heterocycles. The van der Waals surface area contributed by atoms with Gasteiger partial charge in [0.15, 0.2) is 0 Å². The molecule has 98 valence electrons. The molecule has 1 aliphatic heterocycles. The molecule has 0 bridgehead atoms. The Labute approximate surface area is 118 Å². The predicted octanol–water partition coefficient (Wildman–Crippen LogP) is 3.27. The Bertz CT molecular complexity index is 598. The molecule has 0 radical (unpaired) electrons. The normalized spacial score (nSPS) is 14.3. The third-order valence-electron chi connectivity index (χ3n) is 3.60. The summed E-state index contributed by atoms with van der Waals surface area (Å²) in [5.74, 6) is 0. The van der Waals surface area contributed by atoms with E-state index in [2.05, 4.69) is 16.0 Å². The average Bonchev–Trinajstić information content (AvgIpc) is 2.42. The number of hydrogen-bond donors (Lipinski definition) is 1. The lowest BCUT2D eigenvalue weighted by molar-refractivity contribution is 0.692. The molecule has 1 aliphatic rings. The van der Waals surface area contributed by atoms with Crippen LogP contribution in [0.5, 0.6) is 0 Å². The number of anilines is 2. The maximum absolute atomic E-state index is 6.19. The molecule has 0 saturated heterocycles. The topological polar surface area (TPSA) is 42.1 Å². The van der Waals surface area contributed by atoms with Crippen molar-refractivity contribution in [3.8, 4) is 0 Å². The summed E-state index contributed by atoms with van der Waals surface area (Å²) in [5, 5.41) is 0.721. The number of hydrogen-bond acceptors (Lipinski definition) is 3. The third kappa shape index (κ3) is 2.38. The highest BCUT2D eigenvalue weighted by Crippen LogP contribution is 2.32. The molecule has 19 heavy (non-hydrogen) atoms. The standard InChI is InChI=1S/C15H16ClN3/c16-13-9-18-7-6-11(13)10-19-8-2-3-12-14(17)4-1-5-15(12)19/h1,4-7,9H,2-3,8,10,17H2. The van der Waals surface area contributed by atoms with E-state index in [-0.39, 0.29) is 0 Å². The minimum absolute atomic E-state index is 0.721. The van der Waals surface area contributed by atoms with E-state index in [1.54, 1.807) is 12.4 Å². The lowest BCUT2D eigenvalue weighted by Gasteiger charge is -2.32. The minimum Gasteiger partial charge on any atom is -0.398 e. The zero-order valence-corrected chi connectivity index (χ0v) is 11.4. The van der Waals surface area contributed by atoms with Crippen molar-refractivity contribution in [1.82, 2.24) is 4.98 Å². The highest BCUT2D eigenvalue weighted by atomic mass is 35.5. The van der Waals surface area contributed by atoms with Gasteiger partial charge >= 0.3 is 0 Å². The second-order valence-corrected chi connectivity index (χ2v) is 5.24. The number of nitrogens with two attached hydrogens (primary N) is 1. The summed E-state index contributed by atoms with van der Waals surface area (Å²) in [5.41, 5.74) is 10.6. The molecule has 2 heterocycles. The number of aromatic nitrogens is 1. The number of fused-ring (bicyclic) bond motifs is 1. The number of nitrogens with zero attached hydrogens (tertiary/aromatic N) is 2. The van der Waals surface area contributed by atoms with Gasteiger partial charge in [-0.05, 0) is 42.2 Å². The SMILES string of the molecule is Nc1cccc2c1CCCN2Cc1ccncc1Cl. The highest BCUT2D eigenvalue weighted by molar-refractivity contribution is 6.31. The van der Waals surface area contributed by atoms with Gasteiger partial charge < -0.3 is 10.6 Å². The number of pyridine rings is 1. The van der Waals surface area contributed by atoms with Gasteiger partial charge in [-0.1, -0.05) is 17.7 Å². The lowest BCUT2D eigenvalue weighted by Crippen LogP contribution is -2.29. The smallest absolute Gasteiger partial charge is 0.0639 e. The molecule has 0 saturated carbocycles. The van der Waals surface area contributed by atoms with Crippen molar-refractivity contribution in [3.05, 3.63) is 52.8 Å². The third-order valence-corrected chi connectivity index (χ3v) is 3.94. The van der Waals surface area contributed by atoms with Gasteiger partial charge in [-0.15, -0.1) is 0 Å². The monoisotopic (exact) mass is 273 g/mol. The Morgan fingerprint density at radius 3 is 3.05 bits per heavy atom. The Balaban J connectivity index is 1.92. The first-order valence-corrected chi connectivity index (χ1v) is 6.84. The second kappa shape index (κ2) is 5.10. The van der Waals surface area contributed by atoms with Crippen LogP contribution in [0.25, 0.3) is 0 Å². The van der Waals surface area contributed by atoms with E-state index in [9.17, 15) is 0 Å². The average molecular weight is 274 g/mol. The zero-order chi connectivity index (χ0) is 13.2. The molecule has 0 fully saturated rings. The first-order chi connectivity index (χ1) is 9.25. The van der Waals surface area contributed by atoms with Crippen LogP contribution < -0.4 is 10.6 Å². The van der Waals surface area contributed by atoms with E-state index in [4.69, 9.17) is 17.3 Å². The van der Waals surface area contributed by atoms with Crippen LogP contribution in [0.2, 0.25) is 5.02 Å². The van der Waals surface area contributed by atoms with Crippen molar-refractivity contribution in [3.63, 3.8) is 0 Å². The van der Waals surface area contributed by atoms with E-state index < -0.39 is 0 Å². The van der Waals surface area contributed by atoms with Gasteiger partial charge in [0.1, 0.15) is 0 Å². The molecular formula is C15H16ClN3. The van der Waals surface area contributed by atoms with Crippen molar-refractivity contribution in [2.45, 2.75) is 19.4 Å². The van der Waals surface area contributed by atoms with Crippen molar-refractivity contribution in [2.24, 2.45) is 0 Å². The summed E-state index contributed by atoms with van der Waals surface area (Å²) in [6, 6.07) is 8.10.